The highest BCUT2D eigenvalue weighted by Gasteiger charge is 2.30. The number of aliphatic hydroxyl groups excluding tert-OH is 1. The predicted octanol–water partition coefficient (Wildman–Crippen LogP) is 1.24. The third-order valence-electron chi connectivity index (χ3n) is 2.41. The average Bonchev–Trinajstić information content (AvgIpc) is 2.44. The molecule has 20 heavy (non-hydrogen) atoms. The van der Waals surface area contributed by atoms with Crippen LogP contribution in [0.25, 0.3) is 6.08 Å². The number of aliphatic hydroxyl groups is 1. The van der Waals surface area contributed by atoms with Crippen LogP contribution < -0.4 is 4.74 Å². The Morgan fingerprint density at radius 3 is 2.80 bits per heavy atom. The fourth-order valence-corrected chi connectivity index (χ4v) is 1.48. The van der Waals surface area contributed by atoms with Crippen molar-refractivity contribution in [3.63, 3.8) is 0 Å². The summed E-state index contributed by atoms with van der Waals surface area (Å²) in [5.74, 6) is -0.551. The van der Waals surface area contributed by atoms with Crippen LogP contribution in [-0.4, -0.2) is 35.8 Å². The summed E-state index contributed by atoms with van der Waals surface area (Å²) in [4.78, 5) is 21.5. The van der Waals surface area contributed by atoms with Crippen LogP contribution >= 0.6 is 0 Å². The van der Waals surface area contributed by atoms with Gasteiger partial charge < -0.3 is 14.6 Å². The van der Waals surface area contributed by atoms with Gasteiger partial charge in [0.2, 0.25) is 6.10 Å². The Morgan fingerprint density at radius 1 is 1.55 bits per heavy atom. The summed E-state index contributed by atoms with van der Waals surface area (Å²) >= 11 is 0. The maximum atomic E-state index is 11.4. The Hall–Kier alpha value is -2.41. The number of esters is 1. The first-order valence-electron chi connectivity index (χ1n) is 5.84. The molecule has 7 heteroatoms. The molecule has 0 saturated carbocycles. The van der Waals surface area contributed by atoms with Crippen molar-refractivity contribution in [2.45, 2.75) is 13.0 Å². The quantitative estimate of drug-likeness (QED) is 0.478. The van der Waals surface area contributed by atoms with Crippen LogP contribution in [0, 0.1) is 10.1 Å². The van der Waals surface area contributed by atoms with Crippen molar-refractivity contribution in [2.24, 2.45) is 0 Å². The van der Waals surface area contributed by atoms with E-state index < -0.39 is 22.7 Å². The summed E-state index contributed by atoms with van der Waals surface area (Å²) in [6.45, 7) is 1.57. The van der Waals surface area contributed by atoms with E-state index in [4.69, 9.17) is 4.74 Å². The first-order chi connectivity index (χ1) is 9.49. The summed E-state index contributed by atoms with van der Waals surface area (Å²) in [7, 11) is 1.46. The summed E-state index contributed by atoms with van der Waals surface area (Å²) in [6.07, 6.45) is -0.833. The van der Waals surface area contributed by atoms with Gasteiger partial charge in [-0.3, -0.25) is 10.1 Å². The van der Waals surface area contributed by atoms with Gasteiger partial charge >= 0.3 is 5.97 Å². The Kier molecular flexibility index (Phi) is 5.67. The fraction of sp³-hybridized carbons (Fsp3) is 0.308. The molecule has 1 aromatic carbocycles. The lowest BCUT2D eigenvalue weighted by atomic mass is 10.1. The molecule has 1 aromatic rings. The minimum Gasteiger partial charge on any atom is -0.497 e. The minimum atomic E-state index is -1.93. The van der Waals surface area contributed by atoms with Gasteiger partial charge in [-0.2, -0.15) is 0 Å². The molecule has 1 rings (SSSR count). The van der Waals surface area contributed by atoms with Crippen LogP contribution in [0.4, 0.5) is 0 Å². The molecule has 0 spiro atoms. The Balaban J connectivity index is 3.09. The molecule has 7 nitrogen and oxygen atoms in total. The zero-order valence-electron chi connectivity index (χ0n) is 11.1. The molecule has 0 aliphatic heterocycles. The monoisotopic (exact) mass is 281 g/mol. The number of hydrogen-bond donors (Lipinski definition) is 1. The number of methoxy groups -OCH3 is 1. The molecule has 0 bridgehead atoms. The lowest BCUT2D eigenvalue weighted by Gasteiger charge is -2.07. The highest BCUT2D eigenvalue weighted by molar-refractivity contribution is 5.79. The molecule has 0 aliphatic rings. The van der Waals surface area contributed by atoms with E-state index in [9.17, 15) is 20.0 Å². The van der Waals surface area contributed by atoms with Gasteiger partial charge in [-0.25, -0.2) is 4.79 Å². The molecule has 0 saturated heterocycles. The Bertz CT molecular complexity index is 525. The van der Waals surface area contributed by atoms with Crippen molar-refractivity contribution in [1.29, 1.82) is 0 Å². The molecule has 0 aromatic heterocycles. The lowest BCUT2D eigenvalue weighted by molar-refractivity contribution is -0.432. The van der Waals surface area contributed by atoms with Gasteiger partial charge in [-0.15, -0.1) is 0 Å². The summed E-state index contributed by atoms with van der Waals surface area (Å²) in [6, 6.07) is 6.44. The summed E-state index contributed by atoms with van der Waals surface area (Å²) < 4.78 is 9.55. The smallest absolute Gasteiger partial charge is 0.346 e. The number of benzene rings is 1. The second-order valence-corrected chi connectivity index (χ2v) is 3.76. The first kappa shape index (κ1) is 15.6. The SMILES string of the molecule is CCOC(=O)[C@H](O)/C(=C\c1cccc(OC)c1)[N+](=O)[O-]. The van der Waals surface area contributed by atoms with Crippen molar-refractivity contribution in [3.05, 3.63) is 45.6 Å². The van der Waals surface area contributed by atoms with E-state index in [-0.39, 0.29) is 6.61 Å². The summed E-state index contributed by atoms with van der Waals surface area (Å²) in [5, 5.41) is 20.6. The van der Waals surface area contributed by atoms with E-state index in [1.54, 1.807) is 31.2 Å². The molecule has 0 fully saturated rings. The van der Waals surface area contributed by atoms with Gasteiger partial charge in [0, 0.05) is 6.08 Å². The molecule has 1 atom stereocenters. The van der Waals surface area contributed by atoms with Gasteiger partial charge in [-0.05, 0) is 24.6 Å². The van der Waals surface area contributed by atoms with E-state index in [0.717, 1.165) is 6.08 Å². The molecule has 108 valence electrons. The van der Waals surface area contributed by atoms with Crippen LogP contribution in [-0.2, 0) is 9.53 Å². The molecule has 0 amide bonds. The van der Waals surface area contributed by atoms with E-state index in [1.165, 1.54) is 7.11 Å². The van der Waals surface area contributed by atoms with Crippen LogP contribution in [0.5, 0.6) is 5.75 Å². The number of nitro groups is 1. The van der Waals surface area contributed by atoms with Crippen molar-refractivity contribution in [3.8, 4) is 5.75 Å². The molecular weight excluding hydrogens is 266 g/mol. The number of hydrogen-bond acceptors (Lipinski definition) is 6. The molecule has 0 unspecified atom stereocenters. The van der Waals surface area contributed by atoms with Crippen molar-refractivity contribution in [2.75, 3.05) is 13.7 Å². The van der Waals surface area contributed by atoms with E-state index in [1.807, 2.05) is 0 Å². The fourth-order valence-electron chi connectivity index (χ4n) is 1.48. The zero-order valence-corrected chi connectivity index (χ0v) is 11.1. The van der Waals surface area contributed by atoms with E-state index >= 15 is 0 Å². The van der Waals surface area contributed by atoms with Crippen molar-refractivity contribution < 1.29 is 24.3 Å². The molecule has 0 aliphatic carbocycles. The largest absolute Gasteiger partial charge is 0.497 e. The number of nitrogens with zero attached hydrogens (tertiary/aromatic N) is 1. The van der Waals surface area contributed by atoms with Gasteiger partial charge in [0.15, 0.2) is 0 Å². The standard InChI is InChI=1S/C13H15NO6/c1-3-20-13(16)12(15)11(14(17)18)8-9-5-4-6-10(7-9)19-2/h4-8,12,15H,3H2,1-2H3/b11-8+/t12-/m1/s1. The number of rotatable bonds is 6. The first-order valence-corrected chi connectivity index (χ1v) is 5.84. The van der Waals surface area contributed by atoms with Gasteiger partial charge in [0.1, 0.15) is 5.75 Å². The van der Waals surface area contributed by atoms with Crippen molar-refractivity contribution in [1.82, 2.24) is 0 Å². The second kappa shape index (κ2) is 7.25. The number of ether oxygens (including phenoxy) is 2. The molecular formula is C13H15NO6. The van der Waals surface area contributed by atoms with Crippen LogP contribution in [0.2, 0.25) is 0 Å². The maximum Gasteiger partial charge on any atom is 0.346 e. The summed E-state index contributed by atoms with van der Waals surface area (Å²) in [5.41, 5.74) is -0.226. The van der Waals surface area contributed by atoms with E-state index in [2.05, 4.69) is 4.74 Å². The van der Waals surface area contributed by atoms with Gasteiger partial charge in [0.25, 0.3) is 5.70 Å². The van der Waals surface area contributed by atoms with Crippen LogP contribution in [0.3, 0.4) is 0 Å². The third kappa shape index (κ3) is 4.06. The Morgan fingerprint density at radius 2 is 2.25 bits per heavy atom. The van der Waals surface area contributed by atoms with Crippen LogP contribution in [0.15, 0.2) is 30.0 Å². The number of carbonyl (C=O) groups excluding carboxylic acids is 1. The normalized spacial score (nSPS) is 12.7. The van der Waals surface area contributed by atoms with E-state index in [0.29, 0.717) is 11.3 Å². The van der Waals surface area contributed by atoms with Crippen molar-refractivity contribution >= 4 is 12.0 Å². The molecule has 0 radical (unpaired) electrons. The maximum absolute atomic E-state index is 11.4. The molecule has 0 heterocycles. The average molecular weight is 281 g/mol. The second-order valence-electron chi connectivity index (χ2n) is 3.76. The predicted molar refractivity (Wildman–Crippen MR) is 70.6 cm³/mol. The Labute approximate surface area is 115 Å². The highest BCUT2D eigenvalue weighted by Crippen LogP contribution is 2.17. The highest BCUT2D eigenvalue weighted by atomic mass is 16.6. The third-order valence-corrected chi connectivity index (χ3v) is 2.41. The van der Waals surface area contributed by atoms with Crippen LogP contribution in [0.1, 0.15) is 12.5 Å². The minimum absolute atomic E-state index is 0.0278. The van der Waals surface area contributed by atoms with Gasteiger partial charge in [0.05, 0.1) is 18.6 Å². The lowest BCUT2D eigenvalue weighted by Crippen LogP contribution is -2.28. The topological polar surface area (TPSA) is 98.9 Å². The molecule has 1 N–H and O–H groups in total. The number of carbonyl (C=O) groups is 1. The zero-order chi connectivity index (χ0) is 15.1. The van der Waals surface area contributed by atoms with Gasteiger partial charge in [-0.1, -0.05) is 12.1 Å².